The Morgan fingerprint density at radius 3 is 2.30 bits per heavy atom. The standard InChI is InChI=1S/C21H25N3O3/c1-3-24(18-7-5-4-6-8-18)19(25)16-9-11-17(12-10-16)23-20(26)22-13-21(2)14-27-15-21/h4-12H,3,13-15H2,1-2H3,(H2,22,23,26). The van der Waals surface area contributed by atoms with Crippen LogP contribution >= 0.6 is 0 Å². The molecule has 0 radical (unpaired) electrons. The van der Waals surface area contributed by atoms with E-state index in [0.29, 0.717) is 37.6 Å². The summed E-state index contributed by atoms with van der Waals surface area (Å²) in [6.07, 6.45) is 0. The van der Waals surface area contributed by atoms with Gasteiger partial charge in [0.25, 0.3) is 5.91 Å². The van der Waals surface area contributed by atoms with Crippen molar-refractivity contribution in [3.63, 3.8) is 0 Å². The molecule has 0 saturated carbocycles. The minimum Gasteiger partial charge on any atom is -0.380 e. The average Bonchev–Trinajstić information content (AvgIpc) is 2.67. The molecule has 0 atom stereocenters. The second-order valence-electron chi connectivity index (χ2n) is 7.07. The highest BCUT2D eigenvalue weighted by molar-refractivity contribution is 6.06. The first kappa shape index (κ1) is 18.9. The van der Waals surface area contributed by atoms with E-state index in [9.17, 15) is 9.59 Å². The van der Waals surface area contributed by atoms with Gasteiger partial charge in [0, 0.05) is 35.4 Å². The van der Waals surface area contributed by atoms with Crippen LogP contribution in [0.2, 0.25) is 0 Å². The Bertz CT molecular complexity index is 786. The third kappa shape index (κ3) is 4.65. The fourth-order valence-electron chi connectivity index (χ4n) is 2.92. The smallest absolute Gasteiger partial charge is 0.319 e. The topological polar surface area (TPSA) is 70.7 Å². The first-order valence-corrected chi connectivity index (χ1v) is 9.10. The minimum atomic E-state index is -0.262. The Morgan fingerprint density at radius 2 is 1.74 bits per heavy atom. The second kappa shape index (κ2) is 8.22. The number of para-hydroxylation sites is 1. The lowest BCUT2D eigenvalue weighted by Gasteiger charge is -2.37. The van der Waals surface area contributed by atoms with E-state index in [0.717, 1.165) is 5.69 Å². The maximum atomic E-state index is 12.8. The van der Waals surface area contributed by atoms with Gasteiger partial charge in [0.1, 0.15) is 0 Å². The Kier molecular flexibility index (Phi) is 5.76. The summed E-state index contributed by atoms with van der Waals surface area (Å²) in [6, 6.07) is 16.2. The van der Waals surface area contributed by atoms with Crippen molar-refractivity contribution in [3.8, 4) is 0 Å². The highest BCUT2D eigenvalue weighted by atomic mass is 16.5. The van der Waals surface area contributed by atoms with Crippen molar-refractivity contribution < 1.29 is 14.3 Å². The number of nitrogens with zero attached hydrogens (tertiary/aromatic N) is 1. The van der Waals surface area contributed by atoms with E-state index in [-0.39, 0.29) is 17.4 Å². The number of amides is 3. The van der Waals surface area contributed by atoms with Gasteiger partial charge >= 0.3 is 6.03 Å². The van der Waals surface area contributed by atoms with E-state index >= 15 is 0 Å². The summed E-state index contributed by atoms with van der Waals surface area (Å²) in [7, 11) is 0. The van der Waals surface area contributed by atoms with E-state index in [1.807, 2.05) is 37.3 Å². The SMILES string of the molecule is CCN(C(=O)c1ccc(NC(=O)NCC2(C)COC2)cc1)c1ccccc1. The zero-order valence-electron chi connectivity index (χ0n) is 15.7. The molecule has 3 amide bonds. The normalized spacial score (nSPS) is 14.7. The van der Waals surface area contributed by atoms with E-state index in [4.69, 9.17) is 4.74 Å². The first-order chi connectivity index (χ1) is 13.0. The zero-order chi connectivity index (χ0) is 19.3. The predicted molar refractivity (Wildman–Crippen MR) is 106 cm³/mol. The Labute approximate surface area is 159 Å². The van der Waals surface area contributed by atoms with Crippen LogP contribution in [0, 0.1) is 5.41 Å². The van der Waals surface area contributed by atoms with Gasteiger partial charge in [-0.05, 0) is 43.3 Å². The summed E-state index contributed by atoms with van der Waals surface area (Å²) in [6.45, 7) is 6.49. The maximum absolute atomic E-state index is 12.8. The third-order valence-corrected chi connectivity index (χ3v) is 4.60. The zero-order valence-corrected chi connectivity index (χ0v) is 15.7. The van der Waals surface area contributed by atoms with Crippen molar-refractivity contribution in [2.24, 2.45) is 5.41 Å². The second-order valence-corrected chi connectivity index (χ2v) is 7.07. The molecule has 6 nitrogen and oxygen atoms in total. The van der Waals surface area contributed by atoms with Crippen LogP contribution in [0.5, 0.6) is 0 Å². The molecule has 142 valence electrons. The molecule has 0 aliphatic carbocycles. The van der Waals surface area contributed by atoms with Gasteiger partial charge in [0.05, 0.1) is 13.2 Å². The third-order valence-electron chi connectivity index (χ3n) is 4.60. The molecule has 0 aromatic heterocycles. The summed E-state index contributed by atoms with van der Waals surface area (Å²) in [5.74, 6) is -0.0717. The number of hydrogen-bond donors (Lipinski definition) is 2. The molecule has 27 heavy (non-hydrogen) atoms. The van der Waals surface area contributed by atoms with Gasteiger partial charge < -0.3 is 20.3 Å². The van der Waals surface area contributed by atoms with Crippen molar-refractivity contribution >= 4 is 23.3 Å². The van der Waals surface area contributed by atoms with Crippen molar-refractivity contribution in [2.45, 2.75) is 13.8 Å². The van der Waals surface area contributed by atoms with Gasteiger partial charge in [-0.2, -0.15) is 0 Å². The fourth-order valence-corrected chi connectivity index (χ4v) is 2.92. The Morgan fingerprint density at radius 1 is 1.07 bits per heavy atom. The van der Waals surface area contributed by atoms with Crippen LogP contribution in [0.3, 0.4) is 0 Å². The number of hydrogen-bond acceptors (Lipinski definition) is 3. The van der Waals surface area contributed by atoms with E-state index < -0.39 is 0 Å². The highest BCUT2D eigenvalue weighted by Gasteiger charge is 2.33. The highest BCUT2D eigenvalue weighted by Crippen LogP contribution is 2.25. The van der Waals surface area contributed by atoms with Crippen molar-refractivity contribution in [1.82, 2.24) is 5.32 Å². The maximum Gasteiger partial charge on any atom is 0.319 e. The van der Waals surface area contributed by atoms with Gasteiger partial charge in [0.2, 0.25) is 0 Å². The van der Waals surface area contributed by atoms with Crippen LogP contribution in [-0.2, 0) is 4.74 Å². The lowest BCUT2D eigenvalue weighted by molar-refractivity contribution is -0.0974. The molecular formula is C21H25N3O3. The number of benzene rings is 2. The molecule has 2 aromatic rings. The number of anilines is 2. The summed E-state index contributed by atoms with van der Waals surface area (Å²) >= 11 is 0. The predicted octanol–water partition coefficient (Wildman–Crippen LogP) is 3.51. The van der Waals surface area contributed by atoms with Gasteiger partial charge in [-0.1, -0.05) is 25.1 Å². The van der Waals surface area contributed by atoms with Gasteiger partial charge in [-0.25, -0.2) is 4.79 Å². The lowest BCUT2D eigenvalue weighted by atomic mass is 9.89. The molecule has 1 saturated heterocycles. The van der Waals surface area contributed by atoms with Gasteiger partial charge in [0.15, 0.2) is 0 Å². The summed E-state index contributed by atoms with van der Waals surface area (Å²) in [5, 5.41) is 5.64. The van der Waals surface area contributed by atoms with Crippen LogP contribution in [0.4, 0.5) is 16.2 Å². The number of nitrogens with one attached hydrogen (secondary N) is 2. The molecule has 1 aliphatic rings. The Hall–Kier alpha value is -2.86. The van der Waals surface area contributed by atoms with Crippen LogP contribution in [0.25, 0.3) is 0 Å². The van der Waals surface area contributed by atoms with Crippen molar-refractivity contribution in [3.05, 3.63) is 60.2 Å². The number of ether oxygens (including phenoxy) is 1. The van der Waals surface area contributed by atoms with E-state index in [2.05, 4.69) is 17.6 Å². The summed E-state index contributed by atoms with van der Waals surface area (Å²) in [4.78, 5) is 26.5. The molecule has 0 spiro atoms. The summed E-state index contributed by atoms with van der Waals surface area (Å²) in [5.41, 5.74) is 2.10. The quantitative estimate of drug-likeness (QED) is 0.821. The van der Waals surface area contributed by atoms with E-state index in [1.54, 1.807) is 29.2 Å². The van der Waals surface area contributed by atoms with Crippen LogP contribution < -0.4 is 15.5 Å². The van der Waals surface area contributed by atoms with Crippen molar-refractivity contribution in [1.29, 1.82) is 0 Å². The molecular weight excluding hydrogens is 342 g/mol. The van der Waals surface area contributed by atoms with Gasteiger partial charge in [-0.3, -0.25) is 4.79 Å². The number of carbonyl (C=O) groups is 2. The van der Waals surface area contributed by atoms with Crippen LogP contribution in [-0.4, -0.2) is 38.2 Å². The molecule has 1 aliphatic heterocycles. The fraction of sp³-hybridized carbons (Fsp3) is 0.333. The first-order valence-electron chi connectivity index (χ1n) is 9.10. The van der Waals surface area contributed by atoms with Crippen LogP contribution in [0.1, 0.15) is 24.2 Å². The van der Waals surface area contributed by atoms with Crippen molar-refractivity contribution in [2.75, 3.05) is 36.5 Å². The number of urea groups is 1. The lowest BCUT2D eigenvalue weighted by Crippen LogP contribution is -2.49. The number of carbonyl (C=O) groups excluding carboxylic acids is 2. The molecule has 6 heteroatoms. The molecule has 2 N–H and O–H groups in total. The molecule has 1 heterocycles. The molecule has 1 fully saturated rings. The Balaban J connectivity index is 1.59. The molecule has 0 bridgehead atoms. The van der Waals surface area contributed by atoms with E-state index in [1.165, 1.54) is 0 Å². The minimum absolute atomic E-state index is 0.0225. The molecule has 2 aromatic carbocycles. The van der Waals surface area contributed by atoms with Gasteiger partial charge in [-0.15, -0.1) is 0 Å². The van der Waals surface area contributed by atoms with Crippen LogP contribution in [0.15, 0.2) is 54.6 Å². The number of rotatable bonds is 6. The monoisotopic (exact) mass is 367 g/mol. The largest absolute Gasteiger partial charge is 0.380 e. The molecule has 3 rings (SSSR count). The molecule has 0 unspecified atom stereocenters. The average molecular weight is 367 g/mol. The summed E-state index contributed by atoms with van der Waals surface area (Å²) < 4.78 is 5.18.